The summed E-state index contributed by atoms with van der Waals surface area (Å²) in [5, 5.41) is 2.65. The average Bonchev–Trinajstić information content (AvgIpc) is 3.32. The summed E-state index contributed by atoms with van der Waals surface area (Å²) < 4.78 is 41.0. The predicted molar refractivity (Wildman–Crippen MR) is 94.6 cm³/mol. The number of halogens is 1. The van der Waals surface area contributed by atoms with E-state index in [4.69, 9.17) is 0 Å². The summed E-state index contributed by atoms with van der Waals surface area (Å²) in [7, 11) is -3.79. The number of rotatable bonds is 5. The fraction of sp³-hybridized carbons (Fsp3) is 0.278. The highest BCUT2D eigenvalue weighted by Crippen LogP contribution is 2.37. The highest BCUT2D eigenvalue weighted by Gasteiger charge is 2.38. The molecule has 1 amide bonds. The number of nitrogens with zero attached hydrogens (tertiary/aromatic N) is 1. The molecule has 3 rings (SSSR count). The summed E-state index contributed by atoms with van der Waals surface area (Å²) >= 11 is 0. The molecule has 1 aliphatic carbocycles. The van der Waals surface area contributed by atoms with E-state index in [1.807, 2.05) is 0 Å². The van der Waals surface area contributed by atoms with Gasteiger partial charge in [-0.25, -0.2) is 12.8 Å². The molecule has 0 radical (unpaired) electrons. The molecule has 0 unspecified atom stereocenters. The molecular formula is C18H19FN2O3S. The smallest absolute Gasteiger partial charge is 0.264 e. The first kappa shape index (κ1) is 17.4. The van der Waals surface area contributed by atoms with Crippen LogP contribution in [0.3, 0.4) is 0 Å². The maximum absolute atomic E-state index is 13.3. The van der Waals surface area contributed by atoms with Gasteiger partial charge in [-0.3, -0.25) is 9.10 Å². The number of sulfonamides is 1. The molecule has 0 aromatic heterocycles. The summed E-state index contributed by atoms with van der Waals surface area (Å²) in [6.07, 6.45) is 1.57. The first-order valence-electron chi connectivity index (χ1n) is 7.97. The summed E-state index contributed by atoms with van der Waals surface area (Å²) in [5.41, 5.74) is 1.50. The van der Waals surface area contributed by atoms with Crippen LogP contribution in [-0.2, 0) is 14.8 Å². The molecule has 1 fully saturated rings. The number of nitrogens with one attached hydrogen (secondary N) is 1. The Labute approximate surface area is 146 Å². The van der Waals surface area contributed by atoms with Gasteiger partial charge >= 0.3 is 0 Å². The van der Waals surface area contributed by atoms with Gasteiger partial charge in [-0.2, -0.15) is 0 Å². The molecule has 132 valence electrons. The lowest BCUT2D eigenvalue weighted by atomic mass is 10.2. The number of anilines is 2. The molecule has 0 spiro atoms. The SMILES string of the molecule is CC(=O)Nc1ccc(N(C2CC2)S(=O)(=O)c2ccc(F)cc2C)cc1. The standard InChI is InChI=1S/C18H19FN2O3S/c1-12-11-14(19)3-10-18(12)25(23,24)21(17-8-9-17)16-6-4-15(5-7-16)20-13(2)22/h3-7,10-11,17H,8-9H2,1-2H3,(H,20,22). The molecule has 0 atom stereocenters. The van der Waals surface area contributed by atoms with Gasteiger partial charge in [-0.1, -0.05) is 0 Å². The van der Waals surface area contributed by atoms with Gasteiger partial charge in [-0.05, 0) is 67.8 Å². The van der Waals surface area contributed by atoms with Gasteiger partial charge in [-0.15, -0.1) is 0 Å². The maximum atomic E-state index is 13.3. The maximum Gasteiger partial charge on any atom is 0.264 e. The van der Waals surface area contributed by atoms with Crippen LogP contribution in [0.2, 0.25) is 0 Å². The largest absolute Gasteiger partial charge is 0.326 e. The topological polar surface area (TPSA) is 66.5 Å². The molecule has 1 aliphatic rings. The fourth-order valence-electron chi connectivity index (χ4n) is 2.76. The minimum absolute atomic E-state index is 0.0962. The Balaban J connectivity index is 1.99. The minimum atomic E-state index is -3.79. The molecule has 0 saturated heterocycles. The average molecular weight is 362 g/mol. The summed E-state index contributed by atoms with van der Waals surface area (Å²) in [6.45, 7) is 2.99. The van der Waals surface area contributed by atoms with Crippen LogP contribution < -0.4 is 9.62 Å². The molecular weight excluding hydrogens is 343 g/mol. The summed E-state index contributed by atoms with van der Waals surface area (Å²) in [5.74, 6) is -0.657. The molecule has 5 nitrogen and oxygen atoms in total. The molecule has 0 heterocycles. The van der Waals surface area contributed by atoms with Gasteiger partial charge in [0.15, 0.2) is 0 Å². The summed E-state index contributed by atoms with van der Waals surface area (Å²) in [4.78, 5) is 11.2. The molecule has 1 saturated carbocycles. The molecule has 0 bridgehead atoms. The van der Waals surface area contributed by atoms with E-state index in [0.717, 1.165) is 18.9 Å². The second kappa shape index (κ2) is 6.48. The van der Waals surface area contributed by atoms with Crippen molar-refractivity contribution in [1.82, 2.24) is 0 Å². The second-order valence-corrected chi connectivity index (χ2v) is 7.95. The number of carbonyl (C=O) groups excluding carboxylic acids is 1. The Hall–Kier alpha value is -2.41. The van der Waals surface area contributed by atoms with Crippen molar-refractivity contribution >= 4 is 27.3 Å². The third kappa shape index (κ3) is 3.66. The number of amides is 1. The Morgan fingerprint density at radius 1 is 1.16 bits per heavy atom. The lowest BCUT2D eigenvalue weighted by molar-refractivity contribution is -0.114. The number of benzene rings is 2. The molecule has 7 heteroatoms. The number of aryl methyl sites for hydroxylation is 1. The Bertz CT molecular complexity index is 906. The monoisotopic (exact) mass is 362 g/mol. The van der Waals surface area contributed by atoms with Crippen molar-refractivity contribution < 1.29 is 17.6 Å². The molecule has 2 aromatic carbocycles. The second-order valence-electron chi connectivity index (χ2n) is 6.17. The van der Waals surface area contributed by atoms with Gasteiger partial charge in [0.05, 0.1) is 10.6 Å². The normalized spacial score (nSPS) is 14.2. The highest BCUT2D eigenvalue weighted by molar-refractivity contribution is 7.93. The third-order valence-corrected chi connectivity index (χ3v) is 6.04. The molecule has 2 aromatic rings. The van der Waals surface area contributed by atoms with E-state index in [1.54, 1.807) is 31.2 Å². The minimum Gasteiger partial charge on any atom is -0.326 e. The van der Waals surface area contributed by atoms with E-state index in [2.05, 4.69) is 5.32 Å². The first-order valence-corrected chi connectivity index (χ1v) is 9.41. The van der Waals surface area contributed by atoms with E-state index < -0.39 is 15.8 Å². The van der Waals surface area contributed by atoms with Crippen LogP contribution in [-0.4, -0.2) is 20.4 Å². The van der Waals surface area contributed by atoms with Crippen molar-refractivity contribution in [1.29, 1.82) is 0 Å². The number of hydrogen-bond donors (Lipinski definition) is 1. The van der Waals surface area contributed by atoms with Crippen LogP contribution in [0, 0.1) is 12.7 Å². The van der Waals surface area contributed by atoms with Crippen molar-refractivity contribution in [2.24, 2.45) is 0 Å². The van der Waals surface area contributed by atoms with Crippen LogP contribution >= 0.6 is 0 Å². The van der Waals surface area contributed by atoms with E-state index in [9.17, 15) is 17.6 Å². The zero-order valence-corrected chi connectivity index (χ0v) is 14.8. The Morgan fingerprint density at radius 2 is 1.80 bits per heavy atom. The van der Waals surface area contributed by atoms with Crippen molar-refractivity contribution in [3.8, 4) is 0 Å². The fourth-order valence-corrected chi connectivity index (χ4v) is 4.68. The Morgan fingerprint density at radius 3 is 2.32 bits per heavy atom. The van der Waals surface area contributed by atoms with Crippen LogP contribution in [0.25, 0.3) is 0 Å². The van der Waals surface area contributed by atoms with Crippen LogP contribution in [0.5, 0.6) is 0 Å². The molecule has 0 aliphatic heterocycles. The summed E-state index contributed by atoms with van der Waals surface area (Å²) in [6, 6.07) is 10.3. The molecule has 25 heavy (non-hydrogen) atoms. The Kier molecular flexibility index (Phi) is 4.51. The van der Waals surface area contributed by atoms with Crippen molar-refractivity contribution in [2.75, 3.05) is 9.62 Å². The van der Waals surface area contributed by atoms with E-state index in [1.165, 1.54) is 23.4 Å². The first-order chi connectivity index (χ1) is 11.8. The van der Waals surface area contributed by atoms with Crippen molar-refractivity contribution in [3.63, 3.8) is 0 Å². The van der Waals surface area contributed by atoms with Crippen LogP contribution in [0.15, 0.2) is 47.4 Å². The van der Waals surface area contributed by atoms with E-state index in [-0.39, 0.29) is 16.8 Å². The zero-order chi connectivity index (χ0) is 18.2. The van der Waals surface area contributed by atoms with Gasteiger partial charge < -0.3 is 5.32 Å². The highest BCUT2D eigenvalue weighted by atomic mass is 32.2. The van der Waals surface area contributed by atoms with Crippen LogP contribution in [0.1, 0.15) is 25.3 Å². The van der Waals surface area contributed by atoms with Gasteiger partial charge in [0.2, 0.25) is 5.91 Å². The quantitative estimate of drug-likeness (QED) is 0.886. The predicted octanol–water partition coefficient (Wildman–Crippen LogP) is 3.45. The van der Waals surface area contributed by atoms with Gasteiger partial charge in [0.25, 0.3) is 10.0 Å². The van der Waals surface area contributed by atoms with E-state index in [0.29, 0.717) is 16.9 Å². The zero-order valence-electron chi connectivity index (χ0n) is 14.0. The lowest BCUT2D eigenvalue weighted by Gasteiger charge is -2.25. The third-order valence-electron chi connectivity index (χ3n) is 3.99. The van der Waals surface area contributed by atoms with Gasteiger partial charge in [0.1, 0.15) is 5.82 Å². The number of hydrogen-bond acceptors (Lipinski definition) is 3. The van der Waals surface area contributed by atoms with Crippen molar-refractivity contribution in [2.45, 2.75) is 37.6 Å². The number of carbonyl (C=O) groups is 1. The van der Waals surface area contributed by atoms with Crippen LogP contribution in [0.4, 0.5) is 15.8 Å². The van der Waals surface area contributed by atoms with Crippen molar-refractivity contribution in [3.05, 3.63) is 53.8 Å². The van der Waals surface area contributed by atoms with Gasteiger partial charge in [0, 0.05) is 18.7 Å². The lowest BCUT2D eigenvalue weighted by Crippen LogP contribution is -2.33. The molecule has 1 N–H and O–H groups in total. The van der Waals surface area contributed by atoms with E-state index >= 15 is 0 Å².